The summed E-state index contributed by atoms with van der Waals surface area (Å²) in [5, 5.41) is 7.02. The third-order valence-corrected chi connectivity index (χ3v) is 2.06. The molecule has 1 atom stereocenters. The van der Waals surface area contributed by atoms with Crippen LogP contribution in [0.15, 0.2) is 6.33 Å². The van der Waals surface area contributed by atoms with Gasteiger partial charge < -0.3 is 5.32 Å². The van der Waals surface area contributed by atoms with Gasteiger partial charge in [0, 0.05) is 25.6 Å². The maximum atomic E-state index is 13.5. The quantitative estimate of drug-likeness (QED) is 0.815. The molecule has 0 amide bonds. The van der Waals surface area contributed by atoms with Gasteiger partial charge in [-0.25, -0.2) is 9.37 Å². The fourth-order valence-electron chi connectivity index (χ4n) is 1.19. The van der Waals surface area contributed by atoms with Crippen LogP contribution in [-0.2, 0) is 13.5 Å². The number of halogens is 1. The second-order valence-electron chi connectivity index (χ2n) is 4.73. The van der Waals surface area contributed by atoms with Crippen LogP contribution < -0.4 is 5.32 Å². The van der Waals surface area contributed by atoms with Crippen molar-refractivity contribution in [3.05, 3.63) is 12.2 Å². The molecule has 4 nitrogen and oxygen atoms in total. The maximum Gasteiger partial charge on any atom is 0.138 e. The van der Waals surface area contributed by atoms with E-state index in [9.17, 15) is 4.39 Å². The lowest BCUT2D eigenvalue weighted by atomic mass is 10.1. The van der Waals surface area contributed by atoms with Gasteiger partial charge in [-0.15, -0.1) is 0 Å². The van der Waals surface area contributed by atoms with Crippen LogP contribution in [0.3, 0.4) is 0 Å². The Kier molecular flexibility index (Phi) is 3.79. The molecule has 1 rings (SSSR count). The monoisotopic (exact) mass is 214 g/mol. The number of hydrogen-bond donors (Lipinski definition) is 1. The van der Waals surface area contributed by atoms with Crippen molar-refractivity contribution in [1.29, 1.82) is 0 Å². The Hall–Kier alpha value is -0.970. The Labute approximate surface area is 89.9 Å². The summed E-state index contributed by atoms with van der Waals surface area (Å²) in [4.78, 5) is 3.98. The third kappa shape index (κ3) is 4.38. The van der Waals surface area contributed by atoms with E-state index in [-0.39, 0.29) is 5.54 Å². The first-order valence-corrected chi connectivity index (χ1v) is 5.10. The van der Waals surface area contributed by atoms with Crippen LogP contribution in [0.5, 0.6) is 0 Å². The van der Waals surface area contributed by atoms with Crippen LogP contribution in [0.1, 0.15) is 26.6 Å². The first-order valence-electron chi connectivity index (χ1n) is 5.10. The molecule has 0 radical (unpaired) electrons. The van der Waals surface area contributed by atoms with Crippen LogP contribution in [-0.4, -0.2) is 33.0 Å². The standard InChI is InChI=1S/C10H19FN4/c1-10(2,3)13-6-8(11)5-9-12-7-14-15(9)4/h7-8,13H,5-6H2,1-4H3. The average Bonchev–Trinajstić information content (AvgIpc) is 2.47. The van der Waals surface area contributed by atoms with E-state index in [4.69, 9.17) is 0 Å². The average molecular weight is 214 g/mol. The summed E-state index contributed by atoms with van der Waals surface area (Å²) < 4.78 is 15.1. The smallest absolute Gasteiger partial charge is 0.138 e. The van der Waals surface area contributed by atoms with Gasteiger partial charge in [0.25, 0.3) is 0 Å². The lowest BCUT2D eigenvalue weighted by molar-refractivity contribution is 0.279. The largest absolute Gasteiger partial charge is 0.309 e. The molecule has 1 aromatic rings. The predicted octanol–water partition coefficient (Wildman–Crippen LogP) is 1.08. The topological polar surface area (TPSA) is 42.7 Å². The van der Waals surface area contributed by atoms with Gasteiger partial charge in [-0.05, 0) is 20.8 Å². The van der Waals surface area contributed by atoms with E-state index >= 15 is 0 Å². The third-order valence-electron chi connectivity index (χ3n) is 2.06. The lowest BCUT2D eigenvalue weighted by Gasteiger charge is -2.21. The van der Waals surface area contributed by atoms with Crippen LogP contribution >= 0.6 is 0 Å². The van der Waals surface area contributed by atoms with Gasteiger partial charge in [0.15, 0.2) is 0 Å². The molecular formula is C10H19FN4. The lowest BCUT2D eigenvalue weighted by Crippen LogP contribution is -2.40. The SMILES string of the molecule is Cn1ncnc1CC(F)CNC(C)(C)C. The molecule has 1 N–H and O–H groups in total. The molecule has 86 valence electrons. The van der Waals surface area contributed by atoms with Crippen LogP contribution in [0.4, 0.5) is 4.39 Å². The minimum atomic E-state index is -0.924. The Morgan fingerprint density at radius 3 is 2.67 bits per heavy atom. The molecule has 0 aromatic carbocycles. The van der Waals surface area contributed by atoms with E-state index in [1.165, 1.54) is 6.33 Å². The highest BCUT2D eigenvalue weighted by Crippen LogP contribution is 2.04. The maximum absolute atomic E-state index is 13.5. The number of rotatable bonds is 4. The van der Waals surface area contributed by atoms with Crippen molar-refractivity contribution in [3.63, 3.8) is 0 Å². The molecule has 0 aliphatic rings. The molecule has 15 heavy (non-hydrogen) atoms. The first-order chi connectivity index (χ1) is 6.88. The molecular weight excluding hydrogens is 195 g/mol. The molecule has 1 heterocycles. The van der Waals surface area contributed by atoms with Gasteiger partial charge in [-0.3, -0.25) is 4.68 Å². The fraction of sp³-hybridized carbons (Fsp3) is 0.800. The van der Waals surface area contributed by atoms with Gasteiger partial charge in [0.2, 0.25) is 0 Å². The summed E-state index contributed by atoms with van der Waals surface area (Å²) in [5.74, 6) is 0.679. The number of aryl methyl sites for hydroxylation is 1. The van der Waals surface area contributed by atoms with Crippen molar-refractivity contribution in [3.8, 4) is 0 Å². The molecule has 0 saturated carbocycles. The van der Waals surface area contributed by atoms with Gasteiger partial charge >= 0.3 is 0 Å². The number of nitrogens with one attached hydrogen (secondary N) is 1. The summed E-state index contributed by atoms with van der Waals surface area (Å²) >= 11 is 0. The van der Waals surface area contributed by atoms with E-state index in [0.29, 0.717) is 18.8 Å². The highest BCUT2D eigenvalue weighted by atomic mass is 19.1. The molecule has 5 heteroatoms. The number of nitrogens with zero attached hydrogens (tertiary/aromatic N) is 3. The molecule has 0 spiro atoms. The molecule has 0 aliphatic heterocycles. The van der Waals surface area contributed by atoms with Gasteiger partial charge in [0.05, 0.1) is 0 Å². The van der Waals surface area contributed by atoms with Gasteiger partial charge in [-0.2, -0.15) is 5.10 Å². The Balaban J connectivity index is 2.37. The van der Waals surface area contributed by atoms with E-state index in [0.717, 1.165) is 0 Å². The number of aromatic nitrogens is 3. The number of hydrogen-bond acceptors (Lipinski definition) is 3. The van der Waals surface area contributed by atoms with E-state index in [1.54, 1.807) is 11.7 Å². The zero-order valence-corrected chi connectivity index (χ0v) is 9.79. The summed E-state index contributed by atoms with van der Waals surface area (Å²) in [7, 11) is 1.77. The molecule has 1 aromatic heterocycles. The highest BCUT2D eigenvalue weighted by Gasteiger charge is 2.15. The second-order valence-corrected chi connectivity index (χ2v) is 4.73. The first kappa shape index (κ1) is 12.1. The van der Waals surface area contributed by atoms with Gasteiger partial charge in [-0.1, -0.05) is 0 Å². The zero-order valence-electron chi connectivity index (χ0n) is 9.79. The molecule has 0 fully saturated rings. The minimum absolute atomic E-state index is 0.0514. The van der Waals surface area contributed by atoms with Crippen LogP contribution in [0, 0.1) is 0 Å². The summed E-state index contributed by atoms with van der Waals surface area (Å²) in [6.07, 6.45) is 0.825. The van der Waals surface area contributed by atoms with Crippen LogP contribution in [0.2, 0.25) is 0 Å². The van der Waals surface area contributed by atoms with Crippen molar-refractivity contribution < 1.29 is 4.39 Å². The fourth-order valence-corrected chi connectivity index (χ4v) is 1.19. The Morgan fingerprint density at radius 2 is 2.20 bits per heavy atom. The molecule has 0 aliphatic carbocycles. The summed E-state index contributed by atoms with van der Waals surface area (Å²) in [6, 6.07) is 0. The van der Waals surface area contributed by atoms with E-state index < -0.39 is 6.17 Å². The molecule has 0 saturated heterocycles. The zero-order chi connectivity index (χ0) is 11.5. The van der Waals surface area contributed by atoms with Crippen molar-refractivity contribution in [2.45, 2.75) is 38.9 Å². The van der Waals surface area contributed by atoms with Crippen molar-refractivity contribution in [1.82, 2.24) is 20.1 Å². The van der Waals surface area contributed by atoms with Crippen LogP contribution in [0.25, 0.3) is 0 Å². The second kappa shape index (κ2) is 4.70. The van der Waals surface area contributed by atoms with E-state index in [1.807, 2.05) is 20.8 Å². The summed E-state index contributed by atoms with van der Waals surface area (Å²) in [5.41, 5.74) is -0.0514. The predicted molar refractivity (Wildman–Crippen MR) is 57.4 cm³/mol. The number of alkyl halides is 1. The van der Waals surface area contributed by atoms with Crippen molar-refractivity contribution in [2.75, 3.05) is 6.54 Å². The van der Waals surface area contributed by atoms with Crippen molar-refractivity contribution >= 4 is 0 Å². The Bertz CT molecular complexity index is 303. The van der Waals surface area contributed by atoms with Gasteiger partial charge in [0.1, 0.15) is 18.3 Å². The molecule has 0 bridgehead atoms. The minimum Gasteiger partial charge on any atom is -0.309 e. The van der Waals surface area contributed by atoms with E-state index in [2.05, 4.69) is 15.4 Å². The Morgan fingerprint density at radius 1 is 1.53 bits per heavy atom. The molecule has 1 unspecified atom stereocenters. The van der Waals surface area contributed by atoms with Crippen molar-refractivity contribution in [2.24, 2.45) is 7.05 Å². The normalized spacial score (nSPS) is 14.2. The highest BCUT2D eigenvalue weighted by molar-refractivity contribution is 4.87. The summed E-state index contributed by atoms with van der Waals surface area (Å²) in [6.45, 7) is 6.39.